The minimum atomic E-state index is -0.650. The van der Waals surface area contributed by atoms with E-state index in [2.05, 4.69) is 6.07 Å². The van der Waals surface area contributed by atoms with Crippen molar-refractivity contribution in [3.05, 3.63) is 28.8 Å². The van der Waals surface area contributed by atoms with Crippen LogP contribution in [0.1, 0.15) is 31.2 Å². The number of carbonyl (C=O) groups is 1. The van der Waals surface area contributed by atoms with Gasteiger partial charge in [0.15, 0.2) is 0 Å². The molecule has 4 nitrogen and oxygen atoms in total. The van der Waals surface area contributed by atoms with Gasteiger partial charge in [0.25, 0.3) is 0 Å². The Balaban J connectivity index is 2.06. The summed E-state index contributed by atoms with van der Waals surface area (Å²) in [6, 6.07) is 7.53. The summed E-state index contributed by atoms with van der Waals surface area (Å²) in [7, 11) is 1.56. The van der Waals surface area contributed by atoms with Crippen LogP contribution in [-0.4, -0.2) is 31.0 Å². The first kappa shape index (κ1) is 16.6. The quantitative estimate of drug-likeness (QED) is 0.854. The van der Waals surface area contributed by atoms with Crippen LogP contribution in [-0.2, 0) is 11.2 Å². The van der Waals surface area contributed by atoms with Crippen LogP contribution in [0.25, 0.3) is 0 Å². The fraction of sp³-hybridized carbons (Fsp3) is 0.529. The Bertz CT molecular complexity index is 560. The van der Waals surface area contributed by atoms with Gasteiger partial charge >= 0.3 is 0 Å². The van der Waals surface area contributed by atoms with Gasteiger partial charge in [-0.25, -0.2) is 0 Å². The molecule has 1 heterocycles. The van der Waals surface area contributed by atoms with Gasteiger partial charge in [-0.15, -0.1) is 0 Å². The van der Waals surface area contributed by atoms with Crippen molar-refractivity contribution in [1.29, 1.82) is 5.26 Å². The normalized spacial score (nSPS) is 16.5. The van der Waals surface area contributed by atoms with Gasteiger partial charge < -0.3 is 9.64 Å². The molecule has 1 fully saturated rings. The van der Waals surface area contributed by atoms with E-state index in [1.807, 2.05) is 11.0 Å². The highest BCUT2D eigenvalue weighted by atomic mass is 35.5. The van der Waals surface area contributed by atoms with Gasteiger partial charge in [-0.2, -0.15) is 5.26 Å². The number of hydrogen-bond acceptors (Lipinski definition) is 3. The van der Waals surface area contributed by atoms with E-state index in [0.717, 1.165) is 44.3 Å². The second kappa shape index (κ2) is 8.05. The highest BCUT2D eigenvalue weighted by Crippen LogP contribution is 2.26. The Hall–Kier alpha value is -1.73. The van der Waals surface area contributed by atoms with E-state index in [0.29, 0.717) is 17.2 Å². The van der Waals surface area contributed by atoms with Crippen LogP contribution in [0.2, 0.25) is 5.02 Å². The number of hydrogen-bond donors (Lipinski definition) is 0. The zero-order chi connectivity index (χ0) is 15.9. The number of nitrogens with zero attached hydrogens (tertiary/aromatic N) is 2. The van der Waals surface area contributed by atoms with Gasteiger partial charge in [-0.05, 0) is 37.0 Å². The molecule has 1 aromatic carbocycles. The van der Waals surface area contributed by atoms with Gasteiger partial charge in [-0.3, -0.25) is 4.79 Å². The number of methoxy groups -OCH3 is 1. The SMILES string of the molecule is COc1ccc(CC(C#N)C(=O)N2CCCCCC2)cc1Cl. The first-order valence-electron chi connectivity index (χ1n) is 7.66. The molecular weight excluding hydrogens is 300 g/mol. The standard InChI is InChI=1S/C17H21ClN2O2/c1-22-16-7-6-13(11-15(16)18)10-14(12-19)17(21)20-8-4-2-3-5-9-20/h6-7,11,14H,2-5,8-10H2,1H3. The third-order valence-electron chi connectivity index (χ3n) is 4.03. The van der Waals surface area contributed by atoms with E-state index < -0.39 is 5.92 Å². The molecule has 0 N–H and O–H groups in total. The molecule has 0 radical (unpaired) electrons. The Kier molecular flexibility index (Phi) is 6.09. The summed E-state index contributed by atoms with van der Waals surface area (Å²) >= 11 is 6.10. The smallest absolute Gasteiger partial charge is 0.240 e. The molecule has 0 bridgehead atoms. The van der Waals surface area contributed by atoms with E-state index in [1.165, 1.54) is 0 Å². The van der Waals surface area contributed by atoms with Crippen LogP contribution in [0, 0.1) is 17.2 Å². The number of carbonyl (C=O) groups excluding carboxylic acids is 1. The van der Waals surface area contributed by atoms with Crippen LogP contribution < -0.4 is 4.74 Å². The minimum Gasteiger partial charge on any atom is -0.495 e. The van der Waals surface area contributed by atoms with Crippen LogP contribution in [0.5, 0.6) is 5.75 Å². The average molecular weight is 321 g/mol. The predicted octanol–water partition coefficient (Wildman–Crippen LogP) is 3.43. The number of rotatable bonds is 4. The second-order valence-electron chi connectivity index (χ2n) is 5.59. The van der Waals surface area contributed by atoms with Crippen molar-refractivity contribution in [3.63, 3.8) is 0 Å². The van der Waals surface area contributed by atoms with Crippen molar-refractivity contribution in [2.24, 2.45) is 5.92 Å². The Morgan fingerprint density at radius 1 is 1.36 bits per heavy atom. The number of ether oxygens (including phenoxy) is 1. The monoisotopic (exact) mass is 320 g/mol. The topological polar surface area (TPSA) is 53.3 Å². The van der Waals surface area contributed by atoms with Gasteiger partial charge in [0, 0.05) is 13.1 Å². The van der Waals surface area contributed by atoms with E-state index in [1.54, 1.807) is 19.2 Å². The molecule has 22 heavy (non-hydrogen) atoms. The molecule has 1 aromatic rings. The lowest BCUT2D eigenvalue weighted by atomic mass is 9.99. The van der Waals surface area contributed by atoms with Gasteiger partial charge in [-0.1, -0.05) is 30.5 Å². The maximum Gasteiger partial charge on any atom is 0.240 e. The summed E-state index contributed by atoms with van der Waals surface area (Å²) in [6.07, 6.45) is 4.76. The van der Waals surface area contributed by atoms with E-state index in [4.69, 9.17) is 16.3 Å². The molecule has 1 atom stereocenters. The molecule has 1 unspecified atom stereocenters. The van der Waals surface area contributed by atoms with Gasteiger partial charge in [0.1, 0.15) is 11.7 Å². The molecule has 0 aromatic heterocycles. The molecule has 118 valence electrons. The Labute approximate surface area is 136 Å². The Morgan fingerprint density at radius 3 is 2.59 bits per heavy atom. The van der Waals surface area contributed by atoms with Crippen molar-refractivity contribution in [3.8, 4) is 11.8 Å². The molecule has 0 spiro atoms. The van der Waals surface area contributed by atoms with Gasteiger partial charge in [0.05, 0.1) is 18.2 Å². The molecule has 0 saturated carbocycles. The third kappa shape index (κ3) is 4.14. The zero-order valence-electron chi connectivity index (χ0n) is 12.8. The Morgan fingerprint density at radius 2 is 2.05 bits per heavy atom. The lowest BCUT2D eigenvalue weighted by Crippen LogP contribution is -2.37. The summed E-state index contributed by atoms with van der Waals surface area (Å²) in [5.41, 5.74) is 0.875. The summed E-state index contributed by atoms with van der Waals surface area (Å²) in [6.45, 7) is 1.53. The summed E-state index contributed by atoms with van der Waals surface area (Å²) in [5, 5.41) is 9.87. The van der Waals surface area contributed by atoms with Crippen LogP contribution in [0.4, 0.5) is 0 Å². The molecular formula is C17H21ClN2O2. The third-order valence-corrected chi connectivity index (χ3v) is 4.32. The second-order valence-corrected chi connectivity index (χ2v) is 6.00. The molecule has 1 amide bonds. The largest absolute Gasteiger partial charge is 0.495 e. The minimum absolute atomic E-state index is 0.0589. The first-order chi connectivity index (χ1) is 10.7. The van der Waals surface area contributed by atoms with Crippen LogP contribution in [0.3, 0.4) is 0 Å². The van der Waals surface area contributed by atoms with E-state index in [9.17, 15) is 10.1 Å². The van der Waals surface area contributed by atoms with E-state index >= 15 is 0 Å². The maximum absolute atomic E-state index is 12.5. The number of likely N-dealkylation sites (tertiary alicyclic amines) is 1. The van der Waals surface area contributed by atoms with Crippen molar-refractivity contribution >= 4 is 17.5 Å². The summed E-state index contributed by atoms with van der Waals surface area (Å²) in [4.78, 5) is 14.4. The predicted molar refractivity (Wildman–Crippen MR) is 85.9 cm³/mol. The van der Waals surface area contributed by atoms with Crippen molar-refractivity contribution in [2.45, 2.75) is 32.1 Å². The molecule has 0 aliphatic carbocycles. The lowest BCUT2D eigenvalue weighted by Gasteiger charge is -2.23. The van der Waals surface area contributed by atoms with Crippen molar-refractivity contribution in [1.82, 2.24) is 4.90 Å². The molecule has 1 aliphatic heterocycles. The number of amides is 1. The van der Waals surface area contributed by atoms with Crippen LogP contribution >= 0.6 is 11.6 Å². The lowest BCUT2D eigenvalue weighted by molar-refractivity contribution is -0.133. The number of benzene rings is 1. The van der Waals surface area contributed by atoms with E-state index in [-0.39, 0.29) is 5.91 Å². The van der Waals surface area contributed by atoms with Gasteiger partial charge in [0.2, 0.25) is 5.91 Å². The maximum atomic E-state index is 12.5. The fourth-order valence-electron chi connectivity index (χ4n) is 2.77. The molecule has 1 aliphatic rings. The molecule has 5 heteroatoms. The highest BCUT2D eigenvalue weighted by molar-refractivity contribution is 6.32. The number of halogens is 1. The van der Waals surface area contributed by atoms with Crippen molar-refractivity contribution in [2.75, 3.05) is 20.2 Å². The summed E-state index contributed by atoms with van der Waals surface area (Å²) in [5.74, 6) is -0.114. The zero-order valence-corrected chi connectivity index (χ0v) is 13.6. The fourth-order valence-corrected chi connectivity index (χ4v) is 3.05. The van der Waals surface area contributed by atoms with Crippen LogP contribution in [0.15, 0.2) is 18.2 Å². The molecule has 2 rings (SSSR count). The highest BCUT2D eigenvalue weighted by Gasteiger charge is 2.25. The van der Waals surface area contributed by atoms with Crippen molar-refractivity contribution < 1.29 is 9.53 Å². The molecule has 1 saturated heterocycles. The first-order valence-corrected chi connectivity index (χ1v) is 8.04. The number of nitriles is 1. The average Bonchev–Trinajstić information content (AvgIpc) is 2.81. The summed E-state index contributed by atoms with van der Waals surface area (Å²) < 4.78 is 5.12.